The second kappa shape index (κ2) is 10.8. The summed E-state index contributed by atoms with van der Waals surface area (Å²) in [5.74, 6) is 1.16. The number of amides is 1. The Morgan fingerprint density at radius 1 is 1.22 bits per heavy atom. The molecule has 4 aromatic rings. The molecule has 3 heterocycles. The molecule has 1 aliphatic rings. The van der Waals surface area contributed by atoms with Gasteiger partial charge in [0.1, 0.15) is 22.2 Å². The summed E-state index contributed by atoms with van der Waals surface area (Å²) in [4.78, 5) is 19.9. The topological polar surface area (TPSA) is 115 Å². The van der Waals surface area contributed by atoms with Crippen LogP contribution in [-0.4, -0.2) is 53.4 Å². The van der Waals surface area contributed by atoms with Crippen LogP contribution in [-0.2, 0) is 4.74 Å². The van der Waals surface area contributed by atoms with E-state index in [1.807, 2.05) is 55.5 Å². The fraction of sp³-hybridized carbons (Fsp3) is 0.231. The van der Waals surface area contributed by atoms with Crippen LogP contribution in [0, 0.1) is 6.92 Å². The third-order valence-corrected chi connectivity index (χ3v) is 6.78. The number of ether oxygens (including phenoxy) is 2. The van der Waals surface area contributed by atoms with E-state index >= 15 is 0 Å². The number of hydrogen-bond donors (Lipinski definition) is 2. The van der Waals surface area contributed by atoms with Crippen molar-refractivity contribution in [2.75, 3.05) is 36.5 Å². The van der Waals surface area contributed by atoms with Gasteiger partial charge in [-0.15, -0.1) is 11.3 Å². The van der Waals surface area contributed by atoms with Crippen LogP contribution in [0.25, 0.3) is 10.6 Å². The van der Waals surface area contributed by atoms with Crippen molar-refractivity contribution in [3.05, 3.63) is 77.6 Å². The van der Waals surface area contributed by atoms with Gasteiger partial charge in [-0.1, -0.05) is 18.2 Å². The molecule has 1 atom stereocenters. The fourth-order valence-electron chi connectivity index (χ4n) is 4.10. The van der Waals surface area contributed by atoms with Crippen LogP contribution in [0.5, 0.6) is 11.5 Å². The van der Waals surface area contributed by atoms with E-state index in [1.165, 1.54) is 11.3 Å². The highest BCUT2D eigenvalue weighted by Crippen LogP contribution is 2.39. The first-order chi connectivity index (χ1) is 17.6. The minimum Gasteiger partial charge on any atom is -0.457 e. The van der Waals surface area contributed by atoms with E-state index in [2.05, 4.69) is 25.4 Å². The molecule has 0 bridgehead atoms. The summed E-state index contributed by atoms with van der Waals surface area (Å²) in [6, 6.07) is 15.2. The zero-order chi connectivity index (χ0) is 24.9. The molecule has 1 amide bonds. The minimum atomic E-state index is -0.291. The average molecular weight is 503 g/mol. The molecule has 2 aromatic carbocycles. The summed E-state index contributed by atoms with van der Waals surface area (Å²) in [7, 11) is 0. The van der Waals surface area contributed by atoms with Gasteiger partial charge in [-0.25, -0.2) is 4.98 Å². The number of aromatic nitrogens is 3. The number of carbonyl (C=O) groups excluding carboxylic acids is 1. The lowest BCUT2D eigenvalue weighted by molar-refractivity contribution is 0.0466. The lowest BCUT2D eigenvalue weighted by atomic mass is 10.1. The van der Waals surface area contributed by atoms with Gasteiger partial charge < -0.3 is 25.4 Å². The fourth-order valence-corrected chi connectivity index (χ4v) is 4.89. The Bertz CT molecular complexity index is 1330. The van der Waals surface area contributed by atoms with Crippen molar-refractivity contribution in [3.8, 4) is 22.1 Å². The highest BCUT2D eigenvalue weighted by Gasteiger charge is 2.26. The van der Waals surface area contributed by atoms with Gasteiger partial charge in [-0.05, 0) is 37.3 Å². The summed E-state index contributed by atoms with van der Waals surface area (Å²) in [5.41, 5.74) is 9.52. The summed E-state index contributed by atoms with van der Waals surface area (Å²) in [6.07, 6.45) is 3.14. The number of para-hydroxylation sites is 1. The number of anilines is 2. The first-order valence-corrected chi connectivity index (χ1v) is 12.5. The predicted molar refractivity (Wildman–Crippen MR) is 140 cm³/mol. The van der Waals surface area contributed by atoms with Crippen molar-refractivity contribution >= 4 is 28.6 Å². The van der Waals surface area contributed by atoms with Crippen LogP contribution in [0.4, 0.5) is 11.4 Å². The number of benzene rings is 2. The summed E-state index contributed by atoms with van der Waals surface area (Å²) >= 11 is 1.38. The molecule has 2 aromatic heterocycles. The van der Waals surface area contributed by atoms with E-state index in [1.54, 1.807) is 17.8 Å². The van der Waals surface area contributed by atoms with Crippen molar-refractivity contribution < 1.29 is 14.3 Å². The van der Waals surface area contributed by atoms with E-state index < -0.39 is 0 Å². The predicted octanol–water partition coefficient (Wildman–Crippen LogP) is 4.12. The van der Waals surface area contributed by atoms with Crippen LogP contribution >= 0.6 is 11.3 Å². The Morgan fingerprint density at radius 3 is 2.86 bits per heavy atom. The average Bonchev–Trinajstić information content (AvgIpc) is 3.42. The zero-order valence-electron chi connectivity index (χ0n) is 19.8. The van der Waals surface area contributed by atoms with E-state index in [9.17, 15) is 4.79 Å². The minimum absolute atomic E-state index is 0.0875. The maximum atomic E-state index is 13.2. The molecule has 0 unspecified atom stereocenters. The molecule has 1 saturated heterocycles. The molecule has 0 aliphatic carbocycles. The SMILES string of the molecule is Cc1c(Oc2ccccc2)ccc(NC(=O)c2csc(-c3ccnnc3)n2)c1N1CCO[C@@H](CN)C1. The van der Waals surface area contributed by atoms with Gasteiger partial charge in [0.15, 0.2) is 0 Å². The molecular formula is C26H26N6O3S. The molecule has 0 saturated carbocycles. The van der Waals surface area contributed by atoms with Gasteiger partial charge in [0.2, 0.25) is 0 Å². The third-order valence-electron chi connectivity index (χ3n) is 5.89. The molecular weight excluding hydrogens is 476 g/mol. The van der Waals surface area contributed by atoms with Gasteiger partial charge in [-0.2, -0.15) is 10.2 Å². The molecule has 36 heavy (non-hydrogen) atoms. The highest BCUT2D eigenvalue weighted by molar-refractivity contribution is 7.13. The van der Waals surface area contributed by atoms with Crippen LogP contribution in [0.1, 0.15) is 16.1 Å². The van der Waals surface area contributed by atoms with E-state index in [4.69, 9.17) is 15.2 Å². The van der Waals surface area contributed by atoms with Crippen molar-refractivity contribution in [2.45, 2.75) is 13.0 Å². The third kappa shape index (κ3) is 5.20. The Morgan fingerprint density at radius 2 is 2.08 bits per heavy atom. The van der Waals surface area contributed by atoms with E-state index in [-0.39, 0.29) is 12.0 Å². The van der Waals surface area contributed by atoms with Gasteiger partial charge in [0, 0.05) is 36.1 Å². The van der Waals surface area contributed by atoms with Crippen LogP contribution in [0.3, 0.4) is 0 Å². The lowest BCUT2D eigenvalue weighted by Crippen LogP contribution is -2.46. The Hall–Kier alpha value is -3.86. The Balaban J connectivity index is 1.45. The van der Waals surface area contributed by atoms with Crippen LogP contribution in [0.15, 0.2) is 66.3 Å². The molecule has 3 N–H and O–H groups in total. The second-order valence-corrected chi connectivity index (χ2v) is 9.16. The van der Waals surface area contributed by atoms with Crippen LogP contribution < -0.4 is 20.7 Å². The Labute approximate surface area is 212 Å². The molecule has 9 nitrogen and oxygen atoms in total. The quantitative estimate of drug-likeness (QED) is 0.388. The van der Waals surface area contributed by atoms with Gasteiger partial charge in [0.05, 0.1) is 36.5 Å². The lowest BCUT2D eigenvalue weighted by Gasteiger charge is -2.36. The number of nitrogens with one attached hydrogen (secondary N) is 1. The van der Waals surface area contributed by atoms with Crippen molar-refractivity contribution in [2.24, 2.45) is 5.73 Å². The first kappa shape index (κ1) is 23.9. The molecule has 0 radical (unpaired) electrons. The molecule has 0 spiro atoms. The van der Waals surface area contributed by atoms with Crippen molar-refractivity contribution in [1.29, 1.82) is 0 Å². The largest absolute Gasteiger partial charge is 0.457 e. The standard InChI is InChI=1S/C26H26N6O3S/c1-17-23(35-19-5-3-2-4-6-19)8-7-21(24(17)32-11-12-34-20(13-27)15-32)30-25(33)22-16-36-26(31-22)18-9-10-28-29-14-18/h2-10,14,16,20H,11-13,15,27H2,1H3,(H,30,33)/t20-/m0/s1. The van der Waals surface area contributed by atoms with Gasteiger partial charge in [0.25, 0.3) is 5.91 Å². The molecule has 1 aliphatic heterocycles. The number of rotatable bonds is 7. The van der Waals surface area contributed by atoms with Crippen molar-refractivity contribution in [1.82, 2.24) is 15.2 Å². The summed E-state index contributed by atoms with van der Waals surface area (Å²) in [5, 5.41) is 13.2. The van der Waals surface area contributed by atoms with Gasteiger partial charge in [-0.3, -0.25) is 4.79 Å². The maximum absolute atomic E-state index is 13.2. The number of nitrogens with zero attached hydrogens (tertiary/aromatic N) is 4. The number of hydrogen-bond acceptors (Lipinski definition) is 9. The van der Waals surface area contributed by atoms with Gasteiger partial charge >= 0.3 is 0 Å². The molecule has 184 valence electrons. The number of morpholine rings is 1. The second-order valence-electron chi connectivity index (χ2n) is 8.30. The summed E-state index contributed by atoms with van der Waals surface area (Å²) < 4.78 is 11.9. The molecule has 10 heteroatoms. The highest BCUT2D eigenvalue weighted by atomic mass is 32.1. The van der Waals surface area contributed by atoms with Crippen LogP contribution in [0.2, 0.25) is 0 Å². The normalized spacial score (nSPS) is 15.5. The summed E-state index contributed by atoms with van der Waals surface area (Å²) in [6.45, 7) is 4.25. The number of thiazole rings is 1. The van der Waals surface area contributed by atoms with Crippen molar-refractivity contribution in [3.63, 3.8) is 0 Å². The molecule has 5 rings (SSSR count). The maximum Gasteiger partial charge on any atom is 0.275 e. The smallest absolute Gasteiger partial charge is 0.275 e. The van der Waals surface area contributed by atoms with E-state index in [0.29, 0.717) is 48.4 Å². The first-order valence-electron chi connectivity index (χ1n) is 11.6. The number of carbonyl (C=O) groups is 1. The zero-order valence-corrected chi connectivity index (χ0v) is 20.6. The van der Waals surface area contributed by atoms with E-state index in [0.717, 1.165) is 22.6 Å². The monoisotopic (exact) mass is 502 g/mol. The number of nitrogens with two attached hydrogens (primary N) is 1. The molecule has 1 fully saturated rings. The Kier molecular flexibility index (Phi) is 7.17.